The van der Waals surface area contributed by atoms with Crippen LogP contribution in [0, 0.1) is 0 Å². The summed E-state index contributed by atoms with van der Waals surface area (Å²) in [6.07, 6.45) is -0.773. The van der Waals surface area contributed by atoms with E-state index in [1.165, 1.54) is 11.3 Å². The summed E-state index contributed by atoms with van der Waals surface area (Å²) < 4.78 is 4.94. The Bertz CT molecular complexity index is 406. The zero-order valence-electron chi connectivity index (χ0n) is 9.37. The van der Waals surface area contributed by atoms with Crippen molar-refractivity contribution < 1.29 is 14.3 Å². The van der Waals surface area contributed by atoms with Gasteiger partial charge in [-0.15, -0.1) is 11.3 Å². The van der Waals surface area contributed by atoms with E-state index in [1.54, 1.807) is 32.2 Å². The molecule has 0 aromatic carbocycles. The van der Waals surface area contributed by atoms with Crippen LogP contribution in [0.1, 0.15) is 30.4 Å². The average molecular weight is 242 g/mol. The highest BCUT2D eigenvalue weighted by molar-refractivity contribution is 7.12. The molecule has 0 unspecified atom stereocenters. The smallest absolute Gasteiger partial charge is 0.414 e. The number of hydrogen-bond acceptors (Lipinski definition) is 5. The highest BCUT2D eigenvalue weighted by Gasteiger charge is 2.20. The maximum atomic E-state index is 11.5. The van der Waals surface area contributed by atoms with Crippen LogP contribution in [0.2, 0.25) is 0 Å². The number of nitrogens with one attached hydrogen (secondary N) is 1. The molecular weight excluding hydrogens is 228 g/mol. The predicted octanol–water partition coefficient (Wildman–Crippen LogP) is 2.00. The largest absolute Gasteiger partial charge is 0.444 e. The highest BCUT2D eigenvalue weighted by atomic mass is 32.1. The molecule has 0 radical (unpaired) electrons. The van der Waals surface area contributed by atoms with Crippen molar-refractivity contribution in [3.63, 3.8) is 0 Å². The number of carbonyl (C=O) groups excluding carboxylic acids is 2. The van der Waals surface area contributed by atoms with Crippen LogP contribution in [0.4, 0.5) is 10.5 Å². The third-order valence-corrected chi connectivity index (χ3v) is 2.45. The second-order valence-electron chi connectivity index (χ2n) is 4.16. The second-order valence-corrected chi connectivity index (χ2v) is 5.08. The van der Waals surface area contributed by atoms with Gasteiger partial charge >= 0.3 is 6.09 Å². The molecule has 0 bridgehead atoms. The number of hydrogen-bond donors (Lipinski definition) is 2. The van der Waals surface area contributed by atoms with Gasteiger partial charge in [0.15, 0.2) is 0 Å². The van der Waals surface area contributed by atoms with Crippen LogP contribution < -0.4 is 11.1 Å². The number of carbonyl (C=O) groups is 2. The first-order chi connectivity index (χ1) is 7.29. The van der Waals surface area contributed by atoms with Gasteiger partial charge in [0.25, 0.3) is 5.91 Å². The fourth-order valence-corrected chi connectivity index (χ4v) is 1.67. The van der Waals surface area contributed by atoms with E-state index in [4.69, 9.17) is 10.5 Å². The quantitative estimate of drug-likeness (QED) is 0.789. The molecule has 5 nitrogen and oxygen atoms in total. The monoisotopic (exact) mass is 242 g/mol. The summed E-state index contributed by atoms with van der Waals surface area (Å²) in [4.78, 5) is 23.1. The number of thiophene rings is 1. The third kappa shape index (κ3) is 3.54. The lowest BCUT2D eigenvalue weighted by Gasteiger charge is -2.19. The highest BCUT2D eigenvalue weighted by Crippen LogP contribution is 2.18. The number of rotatable bonds is 1. The summed E-state index contributed by atoms with van der Waals surface area (Å²) in [5.74, 6) is -0.540. The molecule has 2 amide bonds. The number of nitrogens with two attached hydrogens (primary N) is 1. The van der Waals surface area contributed by atoms with Crippen LogP contribution in [-0.4, -0.2) is 17.6 Å². The van der Waals surface area contributed by atoms with Gasteiger partial charge < -0.3 is 10.5 Å². The first-order valence-electron chi connectivity index (χ1n) is 4.67. The summed E-state index contributed by atoms with van der Waals surface area (Å²) >= 11 is 1.17. The zero-order chi connectivity index (χ0) is 12.3. The van der Waals surface area contributed by atoms with E-state index in [9.17, 15) is 9.59 Å². The minimum atomic E-state index is -0.773. The molecule has 0 fully saturated rings. The number of alkyl carbamates (subject to hydrolysis) is 1. The second kappa shape index (κ2) is 4.52. The van der Waals surface area contributed by atoms with E-state index in [0.29, 0.717) is 10.6 Å². The van der Waals surface area contributed by atoms with E-state index >= 15 is 0 Å². The maximum Gasteiger partial charge on any atom is 0.414 e. The molecule has 0 atom stereocenters. The van der Waals surface area contributed by atoms with Gasteiger partial charge in [-0.2, -0.15) is 0 Å². The predicted molar refractivity (Wildman–Crippen MR) is 62.4 cm³/mol. The Morgan fingerprint density at radius 2 is 2.06 bits per heavy atom. The van der Waals surface area contributed by atoms with E-state index in [1.807, 2.05) is 0 Å². The van der Waals surface area contributed by atoms with Crippen molar-refractivity contribution in [1.82, 2.24) is 5.32 Å². The normalized spacial score (nSPS) is 10.9. The van der Waals surface area contributed by atoms with Gasteiger partial charge in [-0.3, -0.25) is 10.1 Å². The Balaban J connectivity index is 2.60. The summed E-state index contributed by atoms with van der Waals surface area (Å²) in [7, 11) is 0. The van der Waals surface area contributed by atoms with Crippen LogP contribution in [0.15, 0.2) is 11.4 Å². The molecule has 1 rings (SSSR count). The van der Waals surface area contributed by atoms with E-state index in [0.717, 1.165) is 0 Å². The molecule has 0 aliphatic heterocycles. The zero-order valence-corrected chi connectivity index (χ0v) is 10.2. The Morgan fingerprint density at radius 1 is 1.44 bits per heavy atom. The van der Waals surface area contributed by atoms with Gasteiger partial charge in [0, 0.05) is 0 Å². The maximum absolute atomic E-state index is 11.5. The number of ether oxygens (including phenoxy) is 1. The van der Waals surface area contributed by atoms with Gasteiger partial charge in [-0.1, -0.05) is 0 Å². The molecule has 0 saturated carbocycles. The molecule has 0 aliphatic carbocycles. The Kier molecular flexibility index (Phi) is 3.54. The van der Waals surface area contributed by atoms with Crippen LogP contribution in [0.3, 0.4) is 0 Å². The van der Waals surface area contributed by atoms with E-state index in [2.05, 4.69) is 5.32 Å². The molecule has 0 aliphatic rings. The van der Waals surface area contributed by atoms with Crippen LogP contribution >= 0.6 is 11.3 Å². The molecule has 0 saturated heterocycles. The molecule has 16 heavy (non-hydrogen) atoms. The molecule has 6 heteroatoms. The van der Waals surface area contributed by atoms with Crippen molar-refractivity contribution in [2.75, 3.05) is 5.73 Å². The van der Waals surface area contributed by atoms with Gasteiger partial charge in [-0.05, 0) is 32.2 Å². The van der Waals surface area contributed by atoms with Crippen LogP contribution in [0.25, 0.3) is 0 Å². The average Bonchev–Trinajstić information content (AvgIpc) is 2.47. The first kappa shape index (κ1) is 12.5. The van der Waals surface area contributed by atoms with Crippen molar-refractivity contribution in [1.29, 1.82) is 0 Å². The van der Waals surface area contributed by atoms with Crippen molar-refractivity contribution in [3.8, 4) is 0 Å². The molecule has 1 aromatic heterocycles. The van der Waals surface area contributed by atoms with E-state index < -0.39 is 17.6 Å². The molecule has 1 heterocycles. The lowest BCUT2D eigenvalue weighted by molar-refractivity contribution is 0.0509. The van der Waals surface area contributed by atoms with Crippen LogP contribution in [-0.2, 0) is 4.74 Å². The number of nitrogen functional groups attached to an aromatic ring is 1. The molecule has 3 N–H and O–H groups in total. The third-order valence-electron chi connectivity index (χ3n) is 1.52. The van der Waals surface area contributed by atoms with E-state index in [-0.39, 0.29) is 0 Å². The standard InChI is InChI=1S/C10H14N2O3S/c1-10(2,3)15-9(14)12-8(13)7-6(11)4-5-16-7/h4-5H,11H2,1-3H3,(H,12,13,14). The summed E-state index contributed by atoms with van der Waals surface area (Å²) in [5.41, 5.74) is 5.26. The molecular formula is C10H14N2O3S. The van der Waals surface area contributed by atoms with Crippen molar-refractivity contribution >= 4 is 29.0 Å². The van der Waals surface area contributed by atoms with Gasteiger partial charge in [-0.25, -0.2) is 4.79 Å². The number of amides is 2. The fraction of sp³-hybridized carbons (Fsp3) is 0.400. The lowest BCUT2D eigenvalue weighted by atomic mass is 10.2. The number of anilines is 1. The fourth-order valence-electron chi connectivity index (χ4n) is 0.957. The van der Waals surface area contributed by atoms with Crippen LogP contribution in [0.5, 0.6) is 0 Å². The number of imide groups is 1. The molecule has 1 aromatic rings. The molecule has 0 spiro atoms. The lowest BCUT2D eigenvalue weighted by Crippen LogP contribution is -2.36. The van der Waals surface area contributed by atoms with Crippen molar-refractivity contribution in [2.24, 2.45) is 0 Å². The summed E-state index contributed by atoms with van der Waals surface area (Å²) in [5, 5.41) is 3.79. The topological polar surface area (TPSA) is 81.4 Å². The first-order valence-corrected chi connectivity index (χ1v) is 5.55. The Morgan fingerprint density at radius 3 is 2.50 bits per heavy atom. The summed E-state index contributed by atoms with van der Waals surface area (Å²) in [6.45, 7) is 5.16. The van der Waals surface area contributed by atoms with Gasteiger partial charge in [0.1, 0.15) is 10.5 Å². The van der Waals surface area contributed by atoms with Gasteiger partial charge in [0.2, 0.25) is 0 Å². The van der Waals surface area contributed by atoms with Crippen molar-refractivity contribution in [3.05, 3.63) is 16.3 Å². The summed E-state index contributed by atoms with van der Waals surface area (Å²) in [6, 6.07) is 1.61. The SMILES string of the molecule is CC(C)(C)OC(=O)NC(=O)c1sccc1N. The van der Waals surface area contributed by atoms with Crippen molar-refractivity contribution in [2.45, 2.75) is 26.4 Å². The molecule has 88 valence electrons. The minimum Gasteiger partial charge on any atom is -0.444 e. The Labute approximate surface area is 97.6 Å². The minimum absolute atomic E-state index is 0.311. The Hall–Kier alpha value is -1.56. The van der Waals surface area contributed by atoms with Gasteiger partial charge in [0.05, 0.1) is 5.69 Å².